The second kappa shape index (κ2) is 5.01. The summed E-state index contributed by atoms with van der Waals surface area (Å²) in [5.74, 6) is -0.381. The molecule has 0 atom stereocenters. The van der Waals surface area contributed by atoms with E-state index in [1.165, 1.54) is 4.68 Å². The molecule has 0 saturated heterocycles. The Hall–Kier alpha value is -1.02. The molecule has 78 valence electrons. The number of nitro groups is 1. The van der Waals surface area contributed by atoms with Crippen molar-refractivity contribution in [2.45, 2.75) is 13.5 Å². The molecular formula is C6H10BrN5O2. The third-order valence-corrected chi connectivity index (χ3v) is 2.12. The van der Waals surface area contributed by atoms with Gasteiger partial charge >= 0.3 is 5.95 Å². The van der Waals surface area contributed by atoms with Gasteiger partial charge in [0.05, 0.1) is 6.54 Å². The molecule has 0 aliphatic rings. The van der Waals surface area contributed by atoms with Crippen LogP contribution in [0, 0.1) is 10.1 Å². The van der Waals surface area contributed by atoms with E-state index in [9.17, 15) is 10.1 Å². The van der Waals surface area contributed by atoms with Gasteiger partial charge in [-0.2, -0.15) is 4.68 Å². The lowest BCUT2D eigenvalue weighted by molar-refractivity contribution is -0.394. The summed E-state index contributed by atoms with van der Waals surface area (Å²) < 4.78 is 1.82. The van der Waals surface area contributed by atoms with Crippen LogP contribution in [0.5, 0.6) is 0 Å². The van der Waals surface area contributed by atoms with Gasteiger partial charge in [-0.05, 0) is 16.5 Å². The summed E-state index contributed by atoms with van der Waals surface area (Å²) in [6.45, 7) is 4.10. The lowest BCUT2D eigenvalue weighted by atomic mass is 10.6. The number of aromatic nitrogens is 3. The number of likely N-dealkylation sites (N-methyl/N-ethyl adjacent to an activating group) is 1. The Kier molecular flexibility index (Phi) is 3.96. The van der Waals surface area contributed by atoms with Crippen LogP contribution in [-0.4, -0.2) is 32.8 Å². The highest BCUT2D eigenvalue weighted by atomic mass is 79.9. The highest BCUT2D eigenvalue weighted by molar-refractivity contribution is 9.10. The first-order chi connectivity index (χ1) is 6.65. The molecule has 0 saturated carbocycles. The Morgan fingerprint density at radius 3 is 2.93 bits per heavy atom. The Morgan fingerprint density at radius 2 is 2.43 bits per heavy atom. The summed E-state index contributed by atoms with van der Waals surface area (Å²) in [6.07, 6.45) is 0. The second-order valence-corrected chi connectivity index (χ2v) is 3.22. The largest absolute Gasteiger partial charge is 0.492 e. The van der Waals surface area contributed by atoms with Crippen LogP contribution in [0.3, 0.4) is 0 Å². The maximum atomic E-state index is 10.3. The van der Waals surface area contributed by atoms with E-state index < -0.39 is 4.92 Å². The van der Waals surface area contributed by atoms with Gasteiger partial charge < -0.3 is 15.4 Å². The average Bonchev–Trinajstić information content (AvgIpc) is 2.49. The molecule has 0 amide bonds. The number of hydrogen-bond donors (Lipinski definition) is 1. The first-order valence-corrected chi connectivity index (χ1v) is 4.90. The van der Waals surface area contributed by atoms with Gasteiger partial charge in [-0.1, -0.05) is 6.92 Å². The Morgan fingerprint density at radius 1 is 1.71 bits per heavy atom. The van der Waals surface area contributed by atoms with Gasteiger partial charge in [0.2, 0.25) is 0 Å². The molecule has 0 spiro atoms. The molecular weight excluding hydrogens is 254 g/mol. The number of nitrogens with one attached hydrogen (secondary N) is 1. The molecule has 0 bridgehead atoms. The standard InChI is InChI=1S/C6H10BrN5O2/c1-2-8-3-4-11-5(7)9-6(10-11)12(13)14/h8H,2-4H2,1H3. The summed E-state index contributed by atoms with van der Waals surface area (Å²) in [6, 6.07) is 0. The molecule has 0 radical (unpaired) electrons. The smallest absolute Gasteiger partial charge is 0.390 e. The Labute approximate surface area is 88.8 Å². The van der Waals surface area contributed by atoms with E-state index in [0.717, 1.165) is 6.54 Å². The molecule has 0 aromatic carbocycles. The van der Waals surface area contributed by atoms with Crippen LogP contribution in [-0.2, 0) is 6.54 Å². The van der Waals surface area contributed by atoms with Crippen LogP contribution in [0.15, 0.2) is 4.73 Å². The molecule has 1 rings (SSSR count). The van der Waals surface area contributed by atoms with Gasteiger partial charge in [-0.3, -0.25) is 0 Å². The topological polar surface area (TPSA) is 85.9 Å². The average molecular weight is 264 g/mol. The molecule has 0 unspecified atom stereocenters. The van der Waals surface area contributed by atoms with Gasteiger partial charge in [0, 0.05) is 27.6 Å². The van der Waals surface area contributed by atoms with Crippen LogP contribution < -0.4 is 5.32 Å². The third kappa shape index (κ3) is 2.74. The normalized spacial score (nSPS) is 10.4. The molecule has 1 N–H and O–H groups in total. The maximum Gasteiger partial charge on any atom is 0.492 e. The summed E-state index contributed by atoms with van der Waals surface area (Å²) in [5.41, 5.74) is 0. The third-order valence-electron chi connectivity index (χ3n) is 1.53. The summed E-state index contributed by atoms with van der Waals surface area (Å²) in [4.78, 5) is 13.3. The van der Waals surface area contributed by atoms with Crippen LogP contribution >= 0.6 is 15.9 Å². The maximum absolute atomic E-state index is 10.3. The van der Waals surface area contributed by atoms with Gasteiger partial charge in [0.15, 0.2) is 0 Å². The van der Waals surface area contributed by atoms with E-state index >= 15 is 0 Å². The molecule has 7 nitrogen and oxygen atoms in total. The molecule has 14 heavy (non-hydrogen) atoms. The van der Waals surface area contributed by atoms with E-state index in [1.807, 2.05) is 6.92 Å². The lowest BCUT2D eigenvalue weighted by Gasteiger charge is -1.98. The molecule has 1 aromatic rings. The predicted octanol–water partition coefficient (Wildman–Crippen LogP) is 0.558. The minimum atomic E-state index is -0.617. The number of nitrogens with zero attached hydrogens (tertiary/aromatic N) is 4. The fourth-order valence-electron chi connectivity index (χ4n) is 0.893. The minimum Gasteiger partial charge on any atom is -0.390 e. The quantitative estimate of drug-likeness (QED) is 0.477. The first-order valence-electron chi connectivity index (χ1n) is 4.10. The summed E-state index contributed by atoms with van der Waals surface area (Å²) >= 11 is 3.09. The van der Waals surface area contributed by atoms with Crippen LogP contribution in [0.4, 0.5) is 5.95 Å². The monoisotopic (exact) mass is 263 g/mol. The molecule has 0 aliphatic carbocycles. The Bertz CT molecular complexity index is 326. The van der Waals surface area contributed by atoms with Gasteiger partial charge in [0.25, 0.3) is 4.73 Å². The van der Waals surface area contributed by atoms with Crippen LogP contribution in [0.2, 0.25) is 0 Å². The van der Waals surface area contributed by atoms with E-state index in [0.29, 0.717) is 17.8 Å². The number of rotatable bonds is 5. The highest BCUT2D eigenvalue weighted by Crippen LogP contribution is 2.11. The van der Waals surface area contributed by atoms with Crippen molar-refractivity contribution in [3.63, 3.8) is 0 Å². The van der Waals surface area contributed by atoms with Crippen molar-refractivity contribution in [2.24, 2.45) is 0 Å². The molecule has 0 fully saturated rings. The highest BCUT2D eigenvalue weighted by Gasteiger charge is 2.18. The van der Waals surface area contributed by atoms with E-state index in [-0.39, 0.29) is 5.95 Å². The van der Waals surface area contributed by atoms with Crippen molar-refractivity contribution < 1.29 is 4.92 Å². The second-order valence-electron chi connectivity index (χ2n) is 2.51. The zero-order chi connectivity index (χ0) is 10.6. The fourth-order valence-corrected chi connectivity index (χ4v) is 1.31. The van der Waals surface area contributed by atoms with Crippen LogP contribution in [0.25, 0.3) is 0 Å². The SMILES string of the molecule is CCNCCn1nc([N+](=O)[O-])nc1Br. The van der Waals surface area contributed by atoms with Crippen molar-refractivity contribution in [1.29, 1.82) is 0 Å². The molecule has 1 aromatic heterocycles. The van der Waals surface area contributed by atoms with Gasteiger partial charge in [-0.15, -0.1) is 0 Å². The lowest BCUT2D eigenvalue weighted by Crippen LogP contribution is -2.20. The van der Waals surface area contributed by atoms with E-state index in [1.54, 1.807) is 0 Å². The van der Waals surface area contributed by atoms with E-state index in [2.05, 4.69) is 31.3 Å². The number of halogens is 1. The van der Waals surface area contributed by atoms with Crippen LogP contribution in [0.1, 0.15) is 6.92 Å². The van der Waals surface area contributed by atoms with E-state index in [4.69, 9.17) is 0 Å². The number of hydrogen-bond acceptors (Lipinski definition) is 5. The molecule has 1 heterocycles. The summed E-state index contributed by atoms with van der Waals surface area (Å²) in [5, 5.41) is 17.1. The van der Waals surface area contributed by atoms with Crippen molar-refractivity contribution >= 4 is 21.9 Å². The zero-order valence-corrected chi connectivity index (χ0v) is 9.19. The molecule has 8 heteroatoms. The Balaban J connectivity index is 2.63. The van der Waals surface area contributed by atoms with Crippen molar-refractivity contribution in [3.05, 3.63) is 14.8 Å². The zero-order valence-electron chi connectivity index (χ0n) is 7.60. The molecule has 0 aliphatic heterocycles. The van der Waals surface area contributed by atoms with Crippen molar-refractivity contribution in [1.82, 2.24) is 20.1 Å². The van der Waals surface area contributed by atoms with Gasteiger partial charge in [0.1, 0.15) is 0 Å². The predicted molar refractivity (Wildman–Crippen MR) is 52.9 cm³/mol. The van der Waals surface area contributed by atoms with Crippen molar-refractivity contribution in [2.75, 3.05) is 13.1 Å². The fraction of sp³-hybridized carbons (Fsp3) is 0.667. The van der Waals surface area contributed by atoms with Gasteiger partial charge in [-0.25, -0.2) is 0 Å². The first kappa shape index (κ1) is 11.1. The minimum absolute atomic E-state index is 0.377. The van der Waals surface area contributed by atoms with Crippen molar-refractivity contribution in [3.8, 4) is 0 Å². The summed E-state index contributed by atoms with van der Waals surface area (Å²) in [7, 11) is 0.